The zero-order valence-corrected chi connectivity index (χ0v) is 12.4. The molecule has 0 saturated heterocycles. The van der Waals surface area contributed by atoms with Crippen LogP contribution in [0.1, 0.15) is 26.3 Å². The van der Waals surface area contributed by atoms with E-state index < -0.39 is 13.4 Å². The second kappa shape index (κ2) is 7.17. The molecule has 6 heteroatoms. The lowest BCUT2D eigenvalue weighted by molar-refractivity contribution is -0.0104. The molecule has 0 heterocycles. The lowest BCUT2D eigenvalue weighted by atomic mass is 9.97. The molecular weight excluding hydrogens is 267 g/mol. The van der Waals surface area contributed by atoms with Gasteiger partial charge in [0.25, 0.3) is 0 Å². The van der Waals surface area contributed by atoms with Crippen molar-refractivity contribution < 1.29 is 23.2 Å². The van der Waals surface area contributed by atoms with Gasteiger partial charge in [0.05, 0.1) is 19.8 Å². The average molecular weight is 288 g/mol. The van der Waals surface area contributed by atoms with E-state index in [1.54, 1.807) is 32.9 Å². The van der Waals surface area contributed by atoms with E-state index in [2.05, 4.69) is 0 Å². The molecule has 0 aromatic heterocycles. The minimum absolute atomic E-state index is 0.172. The number of phosphoric acid groups is 1. The van der Waals surface area contributed by atoms with Crippen molar-refractivity contribution >= 4 is 7.82 Å². The maximum Gasteiger partial charge on any atom is 0.474 e. The zero-order valence-electron chi connectivity index (χ0n) is 11.5. The molecule has 1 atom stereocenters. The molecule has 0 aliphatic rings. The molecule has 5 nitrogen and oxygen atoms in total. The molecule has 0 bridgehead atoms. The van der Waals surface area contributed by atoms with Crippen LogP contribution in [-0.4, -0.2) is 24.9 Å². The molecule has 19 heavy (non-hydrogen) atoms. The molecule has 0 radical (unpaired) electrons. The Kier molecular flexibility index (Phi) is 6.17. The summed E-state index contributed by atoms with van der Waals surface area (Å²) in [6.07, 6.45) is 0. The fourth-order valence-corrected chi connectivity index (χ4v) is 2.78. The van der Waals surface area contributed by atoms with Crippen molar-refractivity contribution in [3.8, 4) is 0 Å². The maximum absolute atomic E-state index is 12.1. The van der Waals surface area contributed by atoms with Gasteiger partial charge < -0.3 is 5.11 Å². The molecule has 0 aliphatic heterocycles. The zero-order chi connectivity index (χ0) is 14.4. The second-order valence-electron chi connectivity index (χ2n) is 4.20. The SMILES string of the molecule is CCOP(=O)(OCC)OCC(C)(O)c1ccccc1. The van der Waals surface area contributed by atoms with Crippen LogP contribution in [-0.2, 0) is 23.7 Å². The Morgan fingerprint density at radius 3 is 2.11 bits per heavy atom. The molecule has 1 rings (SSSR count). The van der Waals surface area contributed by atoms with Crippen molar-refractivity contribution in [2.75, 3.05) is 19.8 Å². The lowest BCUT2D eigenvalue weighted by Crippen LogP contribution is -2.27. The highest BCUT2D eigenvalue weighted by Crippen LogP contribution is 2.50. The van der Waals surface area contributed by atoms with Gasteiger partial charge in [-0.05, 0) is 26.3 Å². The van der Waals surface area contributed by atoms with Crippen LogP contribution in [0.3, 0.4) is 0 Å². The summed E-state index contributed by atoms with van der Waals surface area (Å²) in [7, 11) is -3.60. The third-order valence-corrected chi connectivity index (χ3v) is 4.07. The second-order valence-corrected chi connectivity index (χ2v) is 5.87. The van der Waals surface area contributed by atoms with E-state index in [1.807, 2.05) is 18.2 Å². The molecule has 0 amide bonds. The number of phosphoric ester groups is 1. The molecule has 1 aromatic carbocycles. The summed E-state index contributed by atoms with van der Waals surface area (Å²) in [5.41, 5.74) is -0.583. The number of rotatable bonds is 8. The Morgan fingerprint density at radius 2 is 1.63 bits per heavy atom. The van der Waals surface area contributed by atoms with Gasteiger partial charge in [-0.2, -0.15) is 0 Å². The quantitative estimate of drug-likeness (QED) is 0.745. The predicted octanol–water partition coefficient (Wildman–Crippen LogP) is 3.09. The fourth-order valence-electron chi connectivity index (χ4n) is 1.51. The first-order chi connectivity index (χ1) is 8.93. The first-order valence-electron chi connectivity index (χ1n) is 6.25. The summed E-state index contributed by atoms with van der Waals surface area (Å²) < 4.78 is 27.3. The van der Waals surface area contributed by atoms with Gasteiger partial charge in [0, 0.05) is 0 Å². The number of hydrogen-bond donors (Lipinski definition) is 1. The number of aliphatic hydroxyl groups is 1. The standard InChI is InChI=1S/C13H21O5P/c1-4-16-19(15,17-5-2)18-11-13(3,14)12-9-7-6-8-10-12/h6-10,14H,4-5,11H2,1-3H3. The van der Waals surface area contributed by atoms with Crippen LogP contribution in [0.25, 0.3) is 0 Å². The van der Waals surface area contributed by atoms with Crippen LogP contribution >= 0.6 is 7.82 Å². The van der Waals surface area contributed by atoms with E-state index in [0.29, 0.717) is 5.56 Å². The summed E-state index contributed by atoms with van der Waals surface area (Å²) in [5, 5.41) is 10.3. The lowest BCUT2D eigenvalue weighted by Gasteiger charge is -2.26. The summed E-state index contributed by atoms with van der Waals surface area (Å²) in [5.74, 6) is 0. The van der Waals surface area contributed by atoms with Gasteiger partial charge in [-0.15, -0.1) is 0 Å². The summed E-state index contributed by atoms with van der Waals surface area (Å²) >= 11 is 0. The molecule has 0 spiro atoms. The van der Waals surface area contributed by atoms with Crippen LogP contribution in [0.15, 0.2) is 30.3 Å². The van der Waals surface area contributed by atoms with Gasteiger partial charge in [-0.3, -0.25) is 13.6 Å². The van der Waals surface area contributed by atoms with E-state index in [0.717, 1.165) is 0 Å². The highest BCUT2D eigenvalue weighted by atomic mass is 31.2. The van der Waals surface area contributed by atoms with Crippen molar-refractivity contribution in [2.45, 2.75) is 26.4 Å². The Morgan fingerprint density at radius 1 is 1.11 bits per heavy atom. The number of benzene rings is 1. The molecule has 0 fully saturated rings. The maximum atomic E-state index is 12.1. The molecule has 0 saturated carbocycles. The Balaban J connectivity index is 2.70. The number of hydrogen-bond acceptors (Lipinski definition) is 5. The van der Waals surface area contributed by atoms with Gasteiger partial charge in [0.15, 0.2) is 0 Å². The molecule has 108 valence electrons. The molecular formula is C13H21O5P. The molecule has 0 aliphatic carbocycles. The van der Waals surface area contributed by atoms with Crippen molar-refractivity contribution in [1.82, 2.24) is 0 Å². The third-order valence-electron chi connectivity index (χ3n) is 2.47. The van der Waals surface area contributed by atoms with Crippen molar-refractivity contribution in [3.63, 3.8) is 0 Å². The van der Waals surface area contributed by atoms with Crippen LogP contribution in [0.5, 0.6) is 0 Å². The summed E-state index contributed by atoms with van der Waals surface area (Å²) in [4.78, 5) is 0. The predicted molar refractivity (Wildman–Crippen MR) is 72.8 cm³/mol. The van der Waals surface area contributed by atoms with E-state index in [1.165, 1.54) is 0 Å². The van der Waals surface area contributed by atoms with Crippen LogP contribution in [0, 0.1) is 0 Å². The topological polar surface area (TPSA) is 65.0 Å². The average Bonchev–Trinajstić information content (AvgIpc) is 2.38. The van der Waals surface area contributed by atoms with Gasteiger partial charge in [0.1, 0.15) is 5.60 Å². The van der Waals surface area contributed by atoms with Crippen LogP contribution in [0.2, 0.25) is 0 Å². The van der Waals surface area contributed by atoms with Gasteiger partial charge in [0.2, 0.25) is 0 Å². The van der Waals surface area contributed by atoms with E-state index in [-0.39, 0.29) is 19.8 Å². The first-order valence-corrected chi connectivity index (χ1v) is 7.71. The Bertz CT molecular complexity index is 408. The fraction of sp³-hybridized carbons (Fsp3) is 0.538. The largest absolute Gasteiger partial charge is 0.474 e. The summed E-state index contributed by atoms with van der Waals surface area (Å²) in [6, 6.07) is 9.03. The Labute approximate surface area is 114 Å². The minimum atomic E-state index is -3.60. The monoisotopic (exact) mass is 288 g/mol. The smallest absolute Gasteiger partial charge is 0.383 e. The molecule has 1 aromatic rings. The van der Waals surface area contributed by atoms with E-state index in [9.17, 15) is 9.67 Å². The first kappa shape index (κ1) is 16.3. The highest BCUT2D eigenvalue weighted by Gasteiger charge is 2.31. The third kappa shape index (κ3) is 5.05. The van der Waals surface area contributed by atoms with E-state index in [4.69, 9.17) is 13.6 Å². The minimum Gasteiger partial charge on any atom is -0.383 e. The molecule has 1 N–H and O–H groups in total. The normalized spacial score (nSPS) is 15.2. The van der Waals surface area contributed by atoms with Crippen molar-refractivity contribution in [2.24, 2.45) is 0 Å². The van der Waals surface area contributed by atoms with Gasteiger partial charge in [-0.25, -0.2) is 4.57 Å². The van der Waals surface area contributed by atoms with E-state index >= 15 is 0 Å². The molecule has 1 unspecified atom stereocenters. The van der Waals surface area contributed by atoms with Gasteiger partial charge >= 0.3 is 7.82 Å². The van der Waals surface area contributed by atoms with Crippen LogP contribution in [0.4, 0.5) is 0 Å². The van der Waals surface area contributed by atoms with Gasteiger partial charge in [-0.1, -0.05) is 30.3 Å². The van der Waals surface area contributed by atoms with Crippen molar-refractivity contribution in [1.29, 1.82) is 0 Å². The Hall–Kier alpha value is -0.710. The summed E-state index contributed by atoms with van der Waals surface area (Å²) in [6.45, 7) is 5.24. The highest BCUT2D eigenvalue weighted by molar-refractivity contribution is 7.48. The van der Waals surface area contributed by atoms with Crippen molar-refractivity contribution in [3.05, 3.63) is 35.9 Å². The van der Waals surface area contributed by atoms with Crippen LogP contribution < -0.4 is 0 Å².